The van der Waals surface area contributed by atoms with Crippen LogP contribution in [0.2, 0.25) is 0 Å². The minimum atomic E-state index is -0.604. The van der Waals surface area contributed by atoms with Crippen molar-refractivity contribution in [3.8, 4) is 17.2 Å². The monoisotopic (exact) mass is 410 g/mol. The zero-order valence-electron chi connectivity index (χ0n) is 13.6. The first-order chi connectivity index (χ1) is 12.0. The van der Waals surface area contributed by atoms with E-state index in [4.69, 9.17) is 9.47 Å². The van der Waals surface area contributed by atoms with Crippen LogP contribution in [0.1, 0.15) is 12.0 Å². The molecule has 2 N–H and O–H groups in total. The third-order valence-corrected chi connectivity index (χ3v) is 4.07. The molecule has 1 aromatic carbocycles. The van der Waals surface area contributed by atoms with E-state index in [0.717, 1.165) is 0 Å². The summed E-state index contributed by atoms with van der Waals surface area (Å²) in [6.45, 7) is 0.386. The van der Waals surface area contributed by atoms with E-state index in [9.17, 15) is 19.8 Å². The summed E-state index contributed by atoms with van der Waals surface area (Å²) < 4.78 is 10.3. The summed E-state index contributed by atoms with van der Waals surface area (Å²) in [5.41, 5.74) is 0.112. The Morgan fingerprint density at radius 3 is 2.56 bits per heavy atom. The van der Waals surface area contributed by atoms with Crippen LogP contribution in [0.3, 0.4) is 0 Å². The number of hydrogen-bond donors (Lipinski definition) is 2. The normalized spacial score (nSPS) is 20.2. The Balaban J connectivity index is 2.11. The quantitative estimate of drug-likeness (QED) is 0.407. The topological polar surface area (TPSA) is 93.1 Å². The summed E-state index contributed by atoms with van der Waals surface area (Å²) in [7, 11) is 1.44. The van der Waals surface area contributed by atoms with E-state index >= 15 is 0 Å². The van der Waals surface area contributed by atoms with Crippen molar-refractivity contribution in [1.29, 1.82) is 0 Å². The van der Waals surface area contributed by atoms with Crippen molar-refractivity contribution in [1.82, 2.24) is 0 Å². The number of ether oxygens (including phenoxy) is 2. The number of benzene rings is 1. The van der Waals surface area contributed by atoms with Crippen molar-refractivity contribution in [3.63, 3.8) is 0 Å². The lowest BCUT2D eigenvalue weighted by Gasteiger charge is -2.18. The van der Waals surface area contributed by atoms with Gasteiger partial charge in [0.25, 0.3) is 0 Å². The van der Waals surface area contributed by atoms with Gasteiger partial charge in [-0.3, -0.25) is 9.59 Å². The van der Waals surface area contributed by atoms with Gasteiger partial charge in [0.15, 0.2) is 11.6 Å². The van der Waals surface area contributed by atoms with Crippen molar-refractivity contribution in [2.24, 2.45) is 5.92 Å². The average Bonchev–Trinajstić information content (AvgIpc) is 2.58. The lowest BCUT2D eigenvalue weighted by Crippen LogP contribution is -2.29. The molecular weight excluding hydrogens is 392 g/mol. The third-order valence-electron chi connectivity index (χ3n) is 3.75. The molecule has 0 bridgehead atoms. The van der Waals surface area contributed by atoms with Crippen molar-refractivity contribution in [3.05, 3.63) is 35.9 Å². The Bertz CT molecular complexity index is 687. The molecule has 0 heterocycles. The number of halogens is 1. The van der Waals surface area contributed by atoms with Crippen LogP contribution in [0.15, 0.2) is 30.4 Å². The Labute approximate surface area is 153 Å². The summed E-state index contributed by atoms with van der Waals surface area (Å²) in [6.07, 6.45) is 5.22. The van der Waals surface area contributed by atoms with Crippen LogP contribution in [0.25, 0.3) is 6.08 Å². The van der Waals surface area contributed by atoms with Crippen molar-refractivity contribution < 1.29 is 29.3 Å². The van der Waals surface area contributed by atoms with Crippen LogP contribution in [-0.4, -0.2) is 46.9 Å². The summed E-state index contributed by atoms with van der Waals surface area (Å²) in [5, 5.41) is 20.6. The third kappa shape index (κ3) is 4.93. The lowest BCUT2D eigenvalue weighted by atomic mass is 9.89. The highest BCUT2D eigenvalue weighted by molar-refractivity contribution is 9.09. The maximum Gasteiger partial charge on any atom is 0.166 e. The molecule has 0 spiro atoms. The molecule has 6 nitrogen and oxygen atoms in total. The fraction of sp³-hybridized carbons (Fsp3) is 0.333. The lowest BCUT2D eigenvalue weighted by molar-refractivity contribution is -0.130. The number of ketones is 2. The molecular formula is C18H19BrO6. The van der Waals surface area contributed by atoms with E-state index < -0.39 is 12.0 Å². The molecule has 1 aromatic rings. The number of phenolic OH excluding ortho intramolecular Hbond substituents is 2. The largest absolute Gasteiger partial charge is 0.507 e. The number of alkyl halides is 1. The van der Waals surface area contributed by atoms with Gasteiger partial charge in [0.1, 0.15) is 23.4 Å². The highest BCUT2D eigenvalue weighted by Gasteiger charge is 2.26. The average molecular weight is 411 g/mol. The first kappa shape index (κ1) is 19.2. The molecule has 0 radical (unpaired) electrons. The van der Waals surface area contributed by atoms with Crippen molar-refractivity contribution in [2.75, 3.05) is 19.0 Å². The summed E-state index contributed by atoms with van der Waals surface area (Å²) in [4.78, 5) is 24.0. The number of carbonyl (C=O) groups is 2. The summed E-state index contributed by atoms with van der Waals surface area (Å²) in [6, 6.07) is 2.72. The molecule has 1 aliphatic rings. The SMILES string of the molecule is COC1C=CC(C(=O)C=Cc2c(O)cc(OCCBr)cc2O)CC1=O. The van der Waals surface area contributed by atoms with Gasteiger partial charge in [0.2, 0.25) is 0 Å². The molecule has 25 heavy (non-hydrogen) atoms. The van der Waals surface area contributed by atoms with Crippen LogP contribution in [0.5, 0.6) is 17.2 Å². The molecule has 1 aliphatic carbocycles. The molecule has 0 saturated heterocycles. The van der Waals surface area contributed by atoms with Crippen LogP contribution in [0.4, 0.5) is 0 Å². The predicted molar refractivity (Wildman–Crippen MR) is 96.2 cm³/mol. The fourth-order valence-corrected chi connectivity index (χ4v) is 2.61. The first-order valence-electron chi connectivity index (χ1n) is 7.66. The van der Waals surface area contributed by atoms with E-state index in [1.165, 1.54) is 31.4 Å². The van der Waals surface area contributed by atoms with Gasteiger partial charge in [-0.05, 0) is 12.2 Å². The minimum Gasteiger partial charge on any atom is -0.507 e. The molecule has 7 heteroatoms. The van der Waals surface area contributed by atoms with Gasteiger partial charge in [0.05, 0.1) is 12.2 Å². The van der Waals surface area contributed by atoms with Gasteiger partial charge in [-0.15, -0.1) is 0 Å². The number of aromatic hydroxyl groups is 2. The minimum absolute atomic E-state index is 0.0649. The van der Waals surface area contributed by atoms with Crippen LogP contribution >= 0.6 is 15.9 Å². The Kier molecular flexibility index (Phi) is 6.78. The van der Waals surface area contributed by atoms with Crippen LogP contribution in [-0.2, 0) is 14.3 Å². The Morgan fingerprint density at radius 2 is 2.00 bits per heavy atom. The van der Waals surface area contributed by atoms with Crippen molar-refractivity contribution >= 4 is 33.6 Å². The van der Waals surface area contributed by atoms with E-state index in [0.29, 0.717) is 17.7 Å². The fourth-order valence-electron chi connectivity index (χ4n) is 2.45. The predicted octanol–water partition coefficient (Wildman–Crippen LogP) is 2.61. The van der Waals surface area contributed by atoms with Gasteiger partial charge >= 0.3 is 0 Å². The molecule has 0 aliphatic heterocycles. The number of allylic oxidation sites excluding steroid dienone is 2. The molecule has 2 atom stereocenters. The summed E-state index contributed by atoms with van der Waals surface area (Å²) in [5.74, 6) is -1.11. The molecule has 2 unspecified atom stereocenters. The van der Waals surface area contributed by atoms with Gasteiger partial charge in [-0.25, -0.2) is 0 Å². The molecule has 0 fully saturated rings. The smallest absolute Gasteiger partial charge is 0.166 e. The Hall–Kier alpha value is -2.12. The zero-order chi connectivity index (χ0) is 18.4. The van der Waals surface area contributed by atoms with Crippen LogP contribution < -0.4 is 4.74 Å². The standard InChI is InChI=1S/C18H19BrO6/c1-24-18-5-2-11(8-17(18)23)14(20)4-3-13-15(21)9-12(10-16(13)22)25-7-6-19/h2-5,9-11,18,21-22H,6-8H2,1H3. The highest BCUT2D eigenvalue weighted by Crippen LogP contribution is 2.34. The number of rotatable bonds is 7. The van der Waals surface area contributed by atoms with Crippen molar-refractivity contribution in [2.45, 2.75) is 12.5 Å². The molecule has 0 amide bonds. The first-order valence-corrected chi connectivity index (χ1v) is 8.79. The highest BCUT2D eigenvalue weighted by atomic mass is 79.9. The second-order valence-electron chi connectivity index (χ2n) is 5.47. The molecule has 134 valence electrons. The summed E-state index contributed by atoms with van der Waals surface area (Å²) >= 11 is 3.21. The maximum absolute atomic E-state index is 12.2. The maximum atomic E-state index is 12.2. The second kappa shape index (κ2) is 8.82. The number of Topliss-reactive ketones (excluding diaryl/α,β-unsaturated/α-hetero) is 1. The number of methoxy groups -OCH3 is 1. The van der Waals surface area contributed by atoms with E-state index in [-0.39, 0.29) is 35.0 Å². The Morgan fingerprint density at radius 1 is 1.32 bits per heavy atom. The van der Waals surface area contributed by atoms with E-state index in [1.807, 2.05) is 0 Å². The van der Waals surface area contributed by atoms with Gasteiger partial charge in [-0.1, -0.05) is 28.1 Å². The van der Waals surface area contributed by atoms with Gasteiger partial charge in [-0.2, -0.15) is 0 Å². The van der Waals surface area contributed by atoms with E-state index in [2.05, 4.69) is 15.9 Å². The van der Waals surface area contributed by atoms with E-state index in [1.54, 1.807) is 12.2 Å². The number of phenols is 2. The molecule has 0 saturated carbocycles. The zero-order valence-corrected chi connectivity index (χ0v) is 15.2. The number of hydrogen-bond acceptors (Lipinski definition) is 6. The van der Waals surface area contributed by atoms with Crippen LogP contribution in [0, 0.1) is 5.92 Å². The molecule has 0 aromatic heterocycles. The van der Waals surface area contributed by atoms with Gasteiger partial charge in [0, 0.05) is 36.9 Å². The molecule has 2 rings (SSSR count). The second-order valence-corrected chi connectivity index (χ2v) is 6.26. The number of carbonyl (C=O) groups excluding carboxylic acids is 2. The van der Waals surface area contributed by atoms with Gasteiger partial charge < -0.3 is 19.7 Å².